The summed E-state index contributed by atoms with van der Waals surface area (Å²) in [6.45, 7) is 0. The lowest BCUT2D eigenvalue weighted by molar-refractivity contribution is -0.113. The lowest BCUT2D eigenvalue weighted by atomic mass is 10.1. The molecule has 1 N–H and O–H groups in total. The molecule has 0 saturated heterocycles. The van der Waals surface area contributed by atoms with Crippen LogP contribution in [-0.4, -0.2) is 11.7 Å². The molecule has 0 saturated carbocycles. The third-order valence-electron chi connectivity index (χ3n) is 3.33. The maximum atomic E-state index is 12.2. The number of amides is 1. The summed E-state index contributed by atoms with van der Waals surface area (Å²) < 4.78 is 0. The molecule has 1 amide bonds. The summed E-state index contributed by atoms with van der Waals surface area (Å²) in [5, 5.41) is 6.17. The fraction of sp³-hybridized carbons (Fsp3) is 0.0556. The molecule has 0 aliphatic rings. The number of hydrogen-bond acceptors (Lipinski definition) is 2. The monoisotopic (exact) mass is 361 g/mol. The van der Waals surface area contributed by atoms with E-state index in [1.54, 1.807) is 18.2 Å². The third-order valence-corrected chi connectivity index (χ3v) is 5.32. The predicted molar refractivity (Wildman–Crippen MR) is 99.8 cm³/mol. The van der Waals surface area contributed by atoms with E-state index in [2.05, 4.69) is 5.32 Å². The van der Waals surface area contributed by atoms with Gasteiger partial charge in [0, 0.05) is 16.0 Å². The van der Waals surface area contributed by atoms with Gasteiger partial charge in [-0.3, -0.25) is 4.79 Å². The quantitative estimate of drug-likeness (QED) is 0.588. The van der Waals surface area contributed by atoms with E-state index in [4.69, 9.17) is 23.2 Å². The van der Waals surface area contributed by atoms with Crippen LogP contribution in [0.5, 0.6) is 0 Å². The van der Waals surface area contributed by atoms with Crippen molar-refractivity contribution in [3.8, 4) is 0 Å². The topological polar surface area (TPSA) is 29.1 Å². The molecular weight excluding hydrogens is 349 g/mol. The van der Waals surface area contributed by atoms with Crippen LogP contribution < -0.4 is 5.32 Å². The SMILES string of the molecule is O=C(CSc1c(Cl)cccc1Cl)Nc1cccc2ccccc12. The number of carbonyl (C=O) groups is 1. The Balaban J connectivity index is 1.72. The predicted octanol–water partition coefficient (Wildman–Crippen LogP) is 5.88. The van der Waals surface area contributed by atoms with Crippen molar-refractivity contribution in [3.63, 3.8) is 0 Å². The fourth-order valence-electron chi connectivity index (χ4n) is 2.28. The maximum absolute atomic E-state index is 12.2. The largest absolute Gasteiger partial charge is 0.325 e. The van der Waals surface area contributed by atoms with Crippen LogP contribution in [-0.2, 0) is 4.79 Å². The number of nitrogens with one attached hydrogen (secondary N) is 1. The van der Waals surface area contributed by atoms with E-state index >= 15 is 0 Å². The number of anilines is 1. The molecule has 0 aromatic heterocycles. The zero-order valence-corrected chi connectivity index (χ0v) is 14.4. The summed E-state index contributed by atoms with van der Waals surface area (Å²) in [6, 6.07) is 19.1. The standard InChI is InChI=1S/C18H13Cl2NOS/c19-14-8-4-9-15(20)18(14)23-11-17(22)21-16-10-3-6-12-5-1-2-7-13(12)16/h1-10H,11H2,(H,21,22). The zero-order chi connectivity index (χ0) is 16.2. The molecule has 0 unspecified atom stereocenters. The van der Waals surface area contributed by atoms with Crippen molar-refractivity contribution in [2.24, 2.45) is 0 Å². The molecule has 0 aliphatic carbocycles. The van der Waals surface area contributed by atoms with Gasteiger partial charge in [-0.25, -0.2) is 0 Å². The highest BCUT2D eigenvalue weighted by atomic mass is 35.5. The first-order chi connectivity index (χ1) is 11.1. The van der Waals surface area contributed by atoms with Gasteiger partial charge in [-0.1, -0.05) is 65.7 Å². The van der Waals surface area contributed by atoms with Gasteiger partial charge in [-0.05, 0) is 23.6 Å². The molecule has 0 heterocycles. The Bertz CT molecular complexity index is 841. The molecule has 116 valence electrons. The van der Waals surface area contributed by atoms with Gasteiger partial charge in [0.05, 0.1) is 15.8 Å². The summed E-state index contributed by atoms with van der Waals surface area (Å²) in [5.74, 6) is 0.148. The zero-order valence-electron chi connectivity index (χ0n) is 12.1. The van der Waals surface area contributed by atoms with Crippen LogP contribution in [0, 0.1) is 0 Å². The number of hydrogen-bond donors (Lipinski definition) is 1. The van der Waals surface area contributed by atoms with E-state index in [0.717, 1.165) is 21.4 Å². The molecule has 0 atom stereocenters. The second-order valence-corrected chi connectivity index (χ2v) is 6.71. The second-order valence-electron chi connectivity index (χ2n) is 4.91. The minimum absolute atomic E-state index is 0.0951. The Labute approximate surface area is 148 Å². The van der Waals surface area contributed by atoms with Gasteiger partial charge in [0.2, 0.25) is 5.91 Å². The Morgan fingerprint density at radius 2 is 1.57 bits per heavy atom. The summed E-state index contributed by atoms with van der Waals surface area (Å²) in [6.07, 6.45) is 0. The molecular formula is C18H13Cl2NOS. The molecule has 0 radical (unpaired) electrons. The Hall–Kier alpha value is -1.68. The first-order valence-electron chi connectivity index (χ1n) is 6.99. The summed E-state index contributed by atoms with van der Waals surface area (Å²) >= 11 is 13.6. The molecule has 0 fully saturated rings. The minimum Gasteiger partial charge on any atom is -0.325 e. The average Bonchev–Trinajstić information content (AvgIpc) is 2.55. The highest BCUT2D eigenvalue weighted by Gasteiger charge is 2.10. The molecule has 2 nitrogen and oxygen atoms in total. The molecule has 3 aromatic carbocycles. The van der Waals surface area contributed by atoms with E-state index in [0.29, 0.717) is 10.0 Å². The number of thioether (sulfide) groups is 1. The van der Waals surface area contributed by atoms with Crippen molar-refractivity contribution in [1.82, 2.24) is 0 Å². The summed E-state index contributed by atoms with van der Waals surface area (Å²) in [7, 11) is 0. The smallest absolute Gasteiger partial charge is 0.234 e. The number of fused-ring (bicyclic) bond motifs is 1. The first kappa shape index (κ1) is 16.2. The van der Waals surface area contributed by atoms with E-state index in [-0.39, 0.29) is 11.7 Å². The van der Waals surface area contributed by atoms with E-state index in [1.807, 2.05) is 42.5 Å². The van der Waals surface area contributed by atoms with Crippen LogP contribution in [0.25, 0.3) is 10.8 Å². The lowest BCUT2D eigenvalue weighted by Gasteiger charge is -2.09. The molecule has 0 spiro atoms. The van der Waals surface area contributed by atoms with Crippen molar-refractivity contribution in [1.29, 1.82) is 0 Å². The number of rotatable bonds is 4. The first-order valence-corrected chi connectivity index (χ1v) is 8.74. The van der Waals surface area contributed by atoms with Crippen molar-refractivity contribution in [2.75, 3.05) is 11.1 Å². The Kier molecular flexibility index (Phi) is 5.11. The Morgan fingerprint density at radius 3 is 2.35 bits per heavy atom. The van der Waals surface area contributed by atoms with E-state index in [9.17, 15) is 4.79 Å². The maximum Gasteiger partial charge on any atom is 0.234 e. The minimum atomic E-state index is -0.0951. The summed E-state index contributed by atoms with van der Waals surface area (Å²) in [4.78, 5) is 13.0. The van der Waals surface area contributed by atoms with Crippen molar-refractivity contribution >= 4 is 57.3 Å². The van der Waals surface area contributed by atoms with Crippen LogP contribution in [0.1, 0.15) is 0 Å². The van der Waals surface area contributed by atoms with Crippen LogP contribution in [0.15, 0.2) is 65.6 Å². The normalized spacial score (nSPS) is 10.7. The fourth-order valence-corrected chi connectivity index (χ4v) is 3.76. The molecule has 0 bridgehead atoms. The Morgan fingerprint density at radius 1 is 0.913 bits per heavy atom. The highest BCUT2D eigenvalue weighted by Crippen LogP contribution is 2.34. The van der Waals surface area contributed by atoms with Gasteiger partial charge < -0.3 is 5.32 Å². The molecule has 3 aromatic rings. The molecule has 0 aliphatic heterocycles. The van der Waals surface area contributed by atoms with Crippen LogP contribution in [0.2, 0.25) is 10.0 Å². The van der Waals surface area contributed by atoms with Gasteiger partial charge in [-0.2, -0.15) is 0 Å². The van der Waals surface area contributed by atoms with Gasteiger partial charge in [0.1, 0.15) is 0 Å². The highest BCUT2D eigenvalue weighted by molar-refractivity contribution is 8.00. The number of carbonyl (C=O) groups excluding carboxylic acids is 1. The van der Waals surface area contributed by atoms with Crippen molar-refractivity contribution < 1.29 is 4.79 Å². The summed E-state index contributed by atoms with van der Waals surface area (Å²) in [5.41, 5.74) is 0.805. The average molecular weight is 362 g/mol. The van der Waals surface area contributed by atoms with Crippen LogP contribution in [0.3, 0.4) is 0 Å². The van der Waals surface area contributed by atoms with E-state index in [1.165, 1.54) is 11.8 Å². The lowest BCUT2D eigenvalue weighted by Crippen LogP contribution is -2.14. The van der Waals surface area contributed by atoms with Gasteiger partial charge in [0.15, 0.2) is 0 Å². The second kappa shape index (κ2) is 7.26. The molecule has 5 heteroatoms. The van der Waals surface area contributed by atoms with E-state index < -0.39 is 0 Å². The van der Waals surface area contributed by atoms with Crippen molar-refractivity contribution in [2.45, 2.75) is 4.90 Å². The number of halogens is 2. The van der Waals surface area contributed by atoms with Crippen molar-refractivity contribution in [3.05, 3.63) is 70.7 Å². The molecule has 3 rings (SSSR count). The number of benzene rings is 3. The molecule has 23 heavy (non-hydrogen) atoms. The van der Waals surface area contributed by atoms with Crippen LogP contribution in [0.4, 0.5) is 5.69 Å². The van der Waals surface area contributed by atoms with Gasteiger partial charge in [0.25, 0.3) is 0 Å². The van der Waals surface area contributed by atoms with Crippen LogP contribution >= 0.6 is 35.0 Å². The van der Waals surface area contributed by atoms with Gasteiger partial charge >= 0.3 is 0 Å². The third kappa shape index (κ3) is 3.81. The van der Waals surface area contributed by atoms with Gasteiger partial charge in [-0.15, -0.1) is 11.8 Å².